The van der Waals surface area contributed by atoms with Gasteiger partial charge in [0.15, 0.2) is 4.99 Å². The van der Waals surface area contributed by atoms with Crippen LogP contribution in [0.5, 0.6) is 0 Å². The highest BCUT2D eigenvalue weighted by Gasteiger charge is 2.43. The molecule has 0 saturated carbocycles. The van der Waals surface area contributed by atoms with Crippen molar-refractivity contribution in [2.45, 2.75) is 38.1 Å². The van der Waals surface area contributed by atoms with E-state index in [0.29, 0.717) is 12.8 Å². The van der Waals surface area contributed by atoms with E-state index in [-0.39, 0.29) is 19.6 Å². The maximum atomic E-state index is 12.6. The fourth-order valence-electron chi connectivity index (χ4n) is 2.16. The van der Waals surface area contributed by atoms with Crippen LogP contribution < -0.4 is 0 Å². The molecule has 0 aliphatic rings. The molecular weight excluding hydrogens is 327 g/mol. The second kappa shape index (κ2) is 8.79. The summed E-state index contributed by atoms with van der Waals surface area (Å²) in [5, 5.41) is 0. The van der Waals surface area contributed by atoms with Crippen molar-refractivity contribution < 1.29 is 26.6 Å². The number of hydrogen-bond donors (Lipinski definition) is 1. The Labute approximate surface area is 132 Å². The molecule has 0 heterocycles. The fraction of sp³-hybridized carbons (Fsp3) is 0.571. The molecule has 1 N–H and O–H groups in total. The minimum absolute atomic E-state index is 0.00497. The number of rotatable bonds is 10. The zero-order chi connectivity index (χ0) is 16.6. The van der Waals surface area contributed by atoms with E-state index in [1.54, 1.807) is 13.8 Å². The van der Waals surface area contributed by atoms with Crippen LogP contribution in [0.2, 0.25) is 0 Å². The van der Waals surface area contributed by atoms with Gasteiger partial charge in [0.1, 0.15) is 0 Å². The predicted molar refractivity (Wildman–Crippen MR) is 85.6 cm³/mol. The van der Waals surface area contributed by atoms with Gasteiger partial charge in [0.2, 0.25) is 0 Å². The lowest BCUT2D eigenvalue weighted by Gasteiger charge is -2.24. The van der Waals surface area contributed by atoms with Gasteiger partial charge in [-0.05, 0) is 38.7 Å². The van der Waals surface area contributed by atoms with Gasteiger partial charge in [-0.2, -0.15) is 8.42 Å². The first-order chi connectivity index (χ1) is 10.3. The van der Waals surface area contributed by atoms with E-state index in [2.05, 4.69) is 0 Å². The van der Waals surface area contributed by atoms with Crippen LogP contribution in [0.3, 0.4) is 0 Å². The molecule has 0 aliphatic carbocycles. The van der Waals surface area contributed by atoms with E-state index in [1.807, 2.05) is 30.3 Å². The van der Waals surface area contributed by atoms with E-state index in [1.165, 1.54) is 0 Å². The molecule has 0 amide bonds. The summed E-state index contributed by atoms with van der Waals surface area (Å²) in [7, 11) is -8.44. The summed E-state index contributed by atoms with van der Waals surface area (Å²) in [5.74, 6) is 0. The molecule has 1 unspecified atom stereocenters. The first kappa shape index (κ1) is 19.3. The van der Waals surface area contributed by atoms with E-state index in [0.717, 1.165) is 5.56 Å². The zero-order valence-electron chi connectivity index (χ0n) is 12.8. The maximum absolute atomic E-state index is 12.6. The largest absolute Gasteiger partial charge is 0.351 e. The molecule has 1 atom stereocenters. The summed E-state index contributed by atoms with van der Waals surface area (Å²) in [6, 6.07) is 9.52. The molecule has 6 nitrogen and oxygen atoms in total. The Bertz CT molecular complexity index is 577. The summed E-state index contributed by atoms with van der Waals surface area (Å²) in [6.07, 6.45) is 1.06. The highest BCUT2D eigenvalue weighted by atomic mass is 32.2. The van der Waals surface area contributed by atoms with E-state index in [9.17, 15) is 17.5 Å². The van der Waals surface area contributed by atoms with Crippen molar-refractivity contribution in [2.75, 3.05) is 13.2 Å². The van der Waals surface area contributed by atoms with Crippen LogP contribution in [0.1, 0.15) is 32.3 Å². The highest BCUT2D eigenvalue weighted by molar-refractivity contribution is 7.94. The van der Waals surface area contributed by atoms with Crippen LogP contribution in [-0.4, -0.2) is 31.2 Å². The Morgan fingerprint density at radius 3 is 2.14 bits per heavy atom. The predicted octanol–water partition coefficient (Wildman–Crippen LogP) is 3.49. The average molecular weight is 350 g/mol. The van der Waals surface area contributed by atoms with Gasteiger partial charge < -0.3 is 9.05 Å². The van der Waals surface area contributed by atoms with Gasteiger partial charge >= 0.3 is 7.60 Å². The topological polar surface area (TPSA) is 89.9 Å². The second-order valence-corrected chi connectivity index (χ2v) is 8.89. The molecular formula is C14H23O6PS. The Morgan fingerprint density at radius 2 is 1.68 bits per heavy atom. The van der Waals surface area contributed by atoms with Crippen LogP contribution in [0, 0.1) is 0 Å². The normalized spacial score (nSPS) is 14.0. The van der Waals surface area contributed by atoms with Crippen LogP contribution >= 0.6 is 7.60 Å². The fourth-order valence-corrected chi connectivity index (χ4v) is 5.92. The first-order valence-electron chi connectivity index (χ1n) is 7.22. The van der Waals surface area contributed by atoms with Crippen molar-refractivity contribution >= 4 is 17.7 Å². The molecule has 1 rings (SSSR count). The van der Waals surface area contributed by atoms with E-state index < -0.39 is 22.7 Å². The third-order valence-electron chi connectivity index (χ3n) is 3.07. The van der Waals surface area contributed by atoms with Gasteiger partial charge in [0.25, 0.3) is 10.1 Å². The lowest BCUT2D eigenvalue weighted by molar-refractivity contribution is 0.215. The molecule has 1 aromatic rings. The Morgan fingerprint density at radius 1 is 1.14 bits per heavy atom. The minimum Gasteiger partial charge on any atom is -0.308 e. The van der Waals surface area contributed by atoms with Gasteiger partial charge in [-0.25, -0.2) is 0 Å². The summed E-state index contributed by atoms with van der Waals surface area (Å²) < 4.78 is 55.3. The van der Waals surface area contributed by atoms with Crippen molar-refractivity contribution in [3.8, 4) is 0 Å². The summed E-state index contributed by atoms with van der Waals surface area (Å²) in [5.41, 5.74) is 1.04. The third kappa shape index (κ3) is 5.82. The Balaban J connectivity index is 2.82. The van der Waals surface area contributed by atoms with Crippen molar-refractivity contribution in [1.29, 1.82) is 0 Å². The number of aryl methyl sites for hydroxylation is 1. The van der Waals surface area contributed by atoms with Crippen LogP contribution in [-0.2, 0) is 30.2 Å². The maximum Gasteiger partial charge on any atom is 0.351 e. The van der Waals surface area contributed by atoms with E-state index in [4.69, 9.17) is 9.05 Å². The molecule has 0 radical (unpaired) electrons. The van der Waals surface area contributed by atoms with Gasteiger partial charge in [-0.15, -0.1) is 0 Å². The van der Waals surface area contributed by atoms with E-state index >= 15 is 0 Å². The number of hydrogen-bond acceptors (Lipinski definition) is 5. The highest BCUT2D eigenvalue weighted by Crippen LogP contribution is 2.56. The molecule has 0 aliphatic heterocycles. The molecule has 0 aromatic heterocycles. The molecule has 0 saturated heterocycles. The van der Waals surface area contributed by atoms with Crippen molar-refractivity contribution in [3.05, 3.63) is 35.9 Å². The van der Waals surface area contributed by atoms with Crippen LogP contribution in [0.15, 0.2) is 30.3 Å². The monoisotopic (exact) mass is 350 g/mol. The van der Waals surface area contributed by atoms with Gasteiger partial charge in [0, 0.05) is 0 Å². The summed E-state index contributed by atoms with van der Waals surface area (Å²) >= 11 is 0. The number of benzene rings is 1. The second-order valence-electron chi connectivity index (χ2n) is 4.72. The van der Waals surface area contributed by atoms with Crippen molar-refractivity contribution in [1.82, 2.24) is 0 Å². The van der Waals surface area contributed by atoms with Crippen LogP contribution in [0.4, 0.5) is 0 Å². The summed E-state index contributed by atoms with van der Waals surface area (Å²) in [4.78, 5) is -1.55. The molecule has 0 fully saturated rings. The standard InChI is InChI=1S/C14H23O6PS/c1-3-19-21(15,20-4-2)14(22(16,17)18)12-8-11-13-9-6-5-7-10-13/h5-7,9-10,14H,3-4,8,11-12H2,1-2H3,(H,16,17,18). The smallest absolute Gasteiger partial charge is 0.308 e. The lowest BCUT2D eigenvalue weighted by atomic mass is 10.1. The van der Waals surface area contributed by atoms with Gasteiger partial charge in [-0.3, -0.25) is 9.12 Å². The lowest BCUT2D eigenvalue weighted by Crippen LogP contribution is -2.23. The van der Waals surface area contributed by atoms with Crippen LogP contribution in [0.25, 0.3) is 0 Å². The molecule has 0 bridgehead atoms. The van der Waals surface area contributed by atoms with Gasteiger partial charge in [-0.1, -0.05) is 30.3 Å². The minimum atomic E-state index is -4.53. The Hall–Kier alpha value is -0.720. The SMILES string of the molecule is CCOP(=O)(OCC)C(CCCc1ccccc1)S(=O)(=O)O. The first-order valence-corrected chi connectivity index (χ1v) is 10.3. The quantitative estimate of drug-likeness (QED) is 0.513. The molecule has 126 valence electrons. The van der Waals surface area contributed by atoms with Crippen molar-refractivity contribution in [2.24, 2.45) is 0 Å². The van der Waals surface area contributed by atoms with Gasteiger partial charge in [0.05, 0.1) is 13.2 Å². The zero-order valence-corrected chi connectivity index (χ0v) is 14.6. The molecule has 0 spiro atoms. The third-order valence-corrected chi connectivity index (χ3v) is 7.77. The summed E-state index contributed by atoms with van der Waals surface area (Å²) in [6.45, 7) is 3.28. The average Bonchev–Trinajstić information content (AvgIpc) is 2.43. The Kier molecular flexibility index (Phi) is 7.72. The molecule has 1 aromatic carbocycles. The van der Waals surface area contributed by atoms with Crippen molar-refractivity contribution in [3.63, 3.8) is 0 Å². The molecule has 22 heavy (non-hydrogen) atoms. The molecule has 8 heteroatoms.